The third kappa shape index (κ3) is 12.3. The van der Waals surface area contributed by atoms with Crippen LogP contribution in [0.1, 0.15) is 20.3 Å². The molecule has 0 saturated heterocycles. The van der Waals surface area contributed by atoms with Gasteiger partial charge in [-0.1, -0.05) is 13.8 Å². The molecule has 7 heteroatoms. The summed E-state index contributed by atoms with van der Waals surface area (Å²) in [6.45, 7) is 9.81. The highest BCUT2D eigenvalue weighted by Crippen LogP contribution is 2.00. The number of amides is 2. The topological polar surface area (TPSA) is 87.5 Å². The first-order valence-electron chi connectivity index (χ1n) is 7.15. The fourth-order valence-corrected chi connectivity index (χ4v) is 2.36. The van der Waals surface area contributed by atoms with Gasteiger partial charge in [-0.15, -0.1) is 0 Å². The van der Waals surface area contributed by atoms with Crippen LogP contribution in [0.5, 0.6) is 0 Å². The van der Waals surface area contributed by atoms with Crippen molar-refractivity contribution in [1.82, 2.24) is 15.5 Å². The smallest absolute Gasteiger partial charge is 0.230 e. The van der Waals surface area contributed by atoms with Crippen molar-refractivity contribution in [3.63, 3.8) is 0 Å². The molecule has 20 heavy (non-hydrogen) atoms. The summed E-state index contributed by atoms with van der Waals surface area (Å²) in [5.74, 6) is 0.665. The Labute approximate surface area is 126 Å². The lowest BCUT2D eigenvalue weighted by Crippen LogP contribution is -2.37. The zero-order chi connectivity index (χ0) is 15.2. The van der Waals surface area contributed by atoms with E-state index >= 15 is 0 Å². The Kier molecular flexibility index (Phi) is 12.7. The van der Waals surface area contributed by atoms with Crippen LogP contribution in [0.25, 0.3) is 0 Å². The van der Waals surface area contributed by atoms with E-state index in [0.29, 0.717) is 24.5 Å². The van der Waals surface area contributed by atoms with Crippen LogP contribution >= 0.6 is 11.8 Å². The number of rotatable bonds is 13. The van der Waals surface area contributed by atoms with Gasteiger partial charge in [0.25, 0.3) is 0 Å². The van der Waals surface area contributed by atoms with E-state index in [-0.39, 0.29) is 11.8 Å². The summed E-state index contributed by atoms with van der Waals surface area (Å²) in [7, 11) is 0. The summed E-state index contributed by atoms with van der Waals surface area (Å²) in [6, 6.07) is 0. The van der Waals surface area contributed by atoms with Gasteiger partial charge in [-0.2, -0.15) is 11.8 Å². The fraction of sp³-hybridized carbons (Fsp3) is 0.846. The molecule has 0 aliphatic carbocycles. The van der Waals surface area contributed by atoms with E-state index in [2.05, 4.69) is 29.4 Å². The van der Waals surface area contributed by atoms with Crippen molar-refractivity contribution in [3.05, 3.63) is 0 Å². The van der Waals surface area contributed by atoms with Gasteiger partial charge in [-0.05, 0) is 13.1 Å². The maximum atomic E-state index is 11.4. The van der Waals surface area contributed by atoms with Gasteiger partial charge in [-0.3, -0.25) is 9.59 Å². The zero-order valence-electron chi connectivity index (χ0n) is 12.6. The molecule has 0 unspecified atom stereocenters. The van der Waals surface area contributed by atoms with Crippen LogP contribution in [0.4, 0.5) is 0 Å². The van der Waals surface area contributed by atoms with E-state index < -0.39 is 0 Å². The van der Waals surface area contributed by atoms with Gasteiger partial charge in [0.2, 0.25) is 11.8 Å². The molecule has 0 aromatic carbocycles. The number of hydrogen-bond donors (Lipinski definition) is 3. The Morgan fingerprint density at radius 1 is 1.15 bits per heavy atom. The highest BCUT2D eigenvalue weighted by Gasteiger charge is 2.02. The second-order valence-corrected chi connectivity index (χ2v) is 5.50. The Morgan fingerprint density at radius 2 is 1.85 bits per heavy atom. The van der Waals surface area contributed by atoms with Crippen LogP contribution in [0.3, 0.4) is 0 Å². The van der Waals surface area contributed by atoms with E-state index in [9.17, 15) is 9.59 Å². The molecular formula is C13H28N4O2S. The van der Waals surface area contributed by atoms with E-state index in [4.69, 9.17) is 5.73 Å². The van der Waals surface area contributed by atoms with Crippen molar-refractivity contribution in [2.24, 2.45) is 5.73 Å². The molecule has 118 valence electrons. The molecule has 0 radical (unpaired) electrons. The minimum atomic E-state index is -0.324. The highest BCUT2D eigenvalue weighted by atomic mass is 32.2. The SMILES string of the molecule is CCN(CC)CCNCCNC(=O)CSCCC(N)=O. The Hall–Kier alpha value is -0.790. The van der Waals surface area contributed by atoms with Crippen LogP contribution in [0, 0.1) is 0 Å². The van der Waals surface area contributed by atoms with Gasteiger partial charge in [-0.25, -0.2) is 0 Å². The van der Waals surface area contributed by atoms with Crippen molar-refractivity contribution in [2.75, 3.05) is 50.8 Å². The molecule has 2 amide bonds. The van der Waals surface area contributed by atoms with Crippen LogP contribution < -0.4 is 16.4 Å². The van der Waals surface area contributed by atoms with Crippen molar-refractivity contribution >= 4 is 23.6 Å². The van der Waals surface area contributed by atoms with Gasteiger partial charge in [0.15, 0.2) is 0 Å². The third-order valence-electron chi connectivity index (χ3n) is 2.85. The number of nitrogens with zero attached hydrogens (tertiary/aromatic N) is 1. The van der Waals surface area contributed by atoms with Crippen molar-refractivity contribution < 1.29 is 9.59 Å². The minimum Gasteiger partial charge on any atom is -0.370 e. The number of carbonyl (C=O) groups is 2. The van der Waals surface area contributed by atoms with E-state index in [0.717, 1.165) is 32.7 Å². The molecule has 0 atom stereocenters. The summed E-state index contributed by atoms with van der Waals surface area (Å²) in [5.41, 5.74) is 5.01. The molecular weight excluding hydrogens is 276 g/mol. The highest BCUT2D eigenvalue weighted by molar-refractivity contribution is 7.99. The first-order chi connectivity index (χ1) is 9.60. The molecule has 0 heterocycles. The number of nitrogens with one attached hydrogen (secondary N) is 2. The molecule has 0 aromatic rings. The maximum Gasteiger partial charge on any atom is 0.230 e. The Balaban J connectivity index is 3.33. The van der Waals surface area contributed by atoms with Crippen molar-refractivity contribution in [3.8, 4) is 0 Å². The molecule has 0 fully saturated rings. The van der Waals surface area contributed by atoms with Gasteiger partial charge in [0, 0.05) is 38.4 Å². The molecule has 0 spiro atoms. The van der Waals surface area contributed by atoms with Crippen LogP contribution in [0.15, 0.2) is 0 Å². The van der Waals surface area contributed by atoms with Crippen molar-refractivity contribution in [1.29, 1.82) is 0 Å². The second kappa shape index (κ2) is 13.2. The first-order valence-corrected chi connectivity index (χ1v) is 8.31. The maximum absolute atomic E-state index is 11.4. The van der Waals surface area contributed by atoms with Crippen LogP contribution in [-0.4, -0.2) is 67.5 Å². The normalized spacial score (nSPS) is 10.8. The van der Waals surface area contributed by atoms with E-state index in [1.165, 1.54) is 11.8 Å². The molecule has 4 N–H and O–H groups in total. The van der Waals surface area contributed by atoms with Gasteiger partial charge >= 0.3 is 0 Å². The average molecular weight is 304 g/mol. The molecule has 0 saturated carbocycles. The number of thioether (sulfide) groups is 1. The quantitative estimate of drug-likeness (QED) is 0.405. The number of primary amides is 1. The zero-order valence-corrected chi connectivity index (χ0v) is 13.4. The fourth-order valence-electron chi connectivity index (χ4n) is 1.58. The van der Waals surface area contributed by atoms with Crippen LogP contribution in [-0.2, 0) is 9.59 Å². The van der Waals surface area contributed by atoms with Gasteiger partial charge in [0.1, 0.15) is 0 Å². The first kappa shape index (κ1) is 19.2. The van der Waals surface area contributed by atoms with Gasteiger partial charge < -0.3 is 21.3 Å². The number of likely N-dealkylation sites (N-methyl/N-ethyl adjacent to an activating group) is 1. The monoisotopic (exact) mass is 304 g/mol. The largest absolute Gasteiger partial charge is 0.370 e. The van der Waals surface area contributed by atoms with Gasteiger partial charge in [0.05, 0.1) is 5.75 Å². The lowest BCUT2D eigenvalue weighted by molar-refractivity contribution is -0.119. The summed E-state index contributed by atoms with van der Waals surface area (Å²) in [6.07, 6.45) is 0.324. The standard InChI is InChI=1S/C13H28N4O2S/c1-3-17(4-2)9-8-15-6-7-16-13(19)11-20-10-5-12(14)18/h15H,3-11H2,1-2H3,(H2,14,18)(H,16,19). The average Bonchev–Trinajstić information content (AvgIpc) is 2.42. The van der Waals surface area contributed by atoms with Crippen LogP contribution in [0.2, 0.25) is 0 Å². The molecule has 0 aromatic heterocycles. The third-order valence-corrected chi connectivity index (χ3v) is 3.81. The lowest BCUT2D eigenvalue weighted by Gasteiger charge is -2.18. The Bertz CT molecular complexity index is 273. The molecule has 0 rings (SSSR count). The predicted molar refractivity (Wildman–Crippen MR) is 84.8 cm³/mol. The summed E-state index contributed by atoms with van der Waals surface area (Å²) in [4.78, 5) is 24.3. The number of nitrogens with two attached hydrogens (primary N) is 1. The number of hydrogen-bond acceptors (Lipinski definition) is 5. The minimum absolute atomic E-state index is 0.00464. The molecule has 0 bridgehead atoms. The Morgan fingerprint density at radius 3 is 2.45 bits per heavy atom. The van der Waals surface area contributed by atoms with Crippen molar-refractivity contribution in [2.45, 2.75) is 20.3 Å². The molecule has 6 nitrogen and oxygen atoms in total. The summed E-state index contributed by atoms with van der Waals surface area (Å²) in [5, 5.41) is 6.13. The lowest BCUT2D eigenvalue weighted by atomic mass is 10.4. The van der Waals surface area contributed by atoms with E-state index in [1.54, 1.807) is 0 Å². The number of carbonyl (C=O) groups excluding carboxylic acids is 2. The summed E-state index contributed by atoms with van der Waals surface area (Å²) >= 11 is 1.43. The summed E-state index contributed by atoms with van der Waals surface area (Å²) < 4.78 is 0. The van der Waals surface area contributed by atoms with E-state index in [1.807, 2.05) is 0 Å². The predicted octanol–water partition coefficient (Wildman–Crippen LogP) is -0.357. The second-order valence-electron chi connectivity index (χ2n) is 4.40. The molecule has 0 aliphatic heterocycles. The molecule has 0 aliphatic rings.